The van der Waals surface area contributed by atoms with Crippen molar-refractivity contribution in [3.8, 4) is 11.3 Å². The molecule has 1 aliphatic rings. The molecule has 160 valence electrons. The summed E-state index contributed by atoms with van der Waals surface area (Å²) in [6.07, 6.45) is 3.25. The Bertz CT molecular complexity index is 1230. The predicted molar refractivity (Wildman–Crippen MR) is 114 cm³/mol. The van der Waals surface area contributed by atoms with Gasteiger partial charge in [-0.1, -0.05) is 18.2 Å². The number of fused-ring (bicyclic) bond motifs is 1. The minimum Gasteiger partial charge on any atom is -0.355 e. The molecule has 0 unspecified atom stereocenters. The summed E-state index contributed by atoms with van der Waals surface area (Å²) < 4.78 is 26.0. The minimum absolute atomic E-state index is 0.0737. The van der Waals surface area contributed by atoms with Gasteiger partial charge in [0, 0.05) is 34.3 Å². The van der Waals surface area contributed by atoms with E-state index in [0.29, 0.717) is 22.6 Å². The number of nitro groups is 1. The normalized spacial score (nSPS) is 14.3. The summed E-state index contributed by atoms with van der Waals surface area (Å²) in [5.41, 5.74) is 3.56. The summed E-state index contributed by atoms with van der Waals surface area (Å²) in [4.78, 5) is 30.1. The van der Waals surface area contributed by atoms with Gasteiger partial charge in [0.25, 0.3) is 0 Å². The molecule has 1 aliphatic heterocycles. The lowest BCUT2D eigenvalue weighted by Gasteiger charge is -2.25. The quantitative estimate of drug-likeness (QED) is 0.424. The number of nitrogens with zero attached hydrogens (tertiary/aromatic N) is 3. The molecule has 0 amide bonds. The molecule has 0 saturated carbocycles. The van der Waals surface area contributed by atoms with Crippen molar-refractivity contribution in [2.45, 2.75) is 6.54 Å². The van der Waals surface area contributed by atoms with E-state index in [4.69, 9.17) is 0 Å². The van der Waals surface area contributed by atoms with Crippen molar-refractivity contribution >= 4 is 27.2 Å². The molecule has 10 nitrogen and oxygen atoms in total. The number of aromatic amines is 1. The standard InChI is InChI=1S/C20H19N5O5S/c26-17-13-24(31(29,30)11-10-25(27)28)12-16-18(17)20(22-15-4-2-1-3-5-15)19(23-16)14-6-8-21-9-7-14/h1-9,22-23H,10-13H2. The molecule has 0 saturated heterocycles. The van der Waals surface area contributed by atoms with Crippen LogP contribution in [0.1, 0.15) is 16.1 Å². The van der Waals surface area contributed by atoms with E-state index < -0.39 is 27.2 Å². The number of sulfonamides is 1. The molecular formula is C20H19N5O5S. The van der Waals surface area contributed by atoms with Crippen LogP contribution >= 0.6 is 0 Å². The van der Waals surface area contributed by atoms with E-state index in [0.717, 1.165) is 15.6 Å². The van der Waals surface area contributed by atoms with Gasteiger partial charge in [-0.05, 0) is 24.3 Å². The number of hydrogen-bond acceptors (Lipinski definition) is 7. The fourth-order valence-electron chi connectivity index (χ4n) is 3.49. The summed E-state index contributed by atoms with van der Waals surface area (Å²) in [7, 11) is -3.96. The van der Waals surface area contributed by atoms with E-state index in [9.17, 15) is 23.3 Å². The second-order valence-electron chi connectivity index (χ2n) is 7.02. The van der Waals surface area contributed by atoms with Gasteiger partial charge >= 0.3 is 0 Å². The number of carbonyl (C=O) groups excluding carboxylic acids is 1. The van der Waals surface area contributed by atoms with Crippen LogP contribution in [0.2, 0.25) is 0 Å². The Kier molecular flexibility index (Phi) is 5.53. The van der Waals surface area contributed by atoms with Crippen LogP contribution in [0.3, 0.4) is 0 Å². The fraction of sp³-hybridized carbons (Fsp3) is 0.200. The third-order valence-corrected chi connectivity index (χ3v) is 6.69. The van der Waals surface area contributed by atoms with Crippen LogP contribution < -0.4 is 5.32 Å². The van der Waals surface area contributed by atoms with E-state index in [2.05, 4.69) is 15.3 Å². The molecule has 1 aromatic carbocycles. The summed E-state index contributed by atoms with van der Waals surface area (Å²) in [5, 5.41) is 13.9. The number of benzene rings is 1. The van der Waals surface area contributed by atoms with Crippen molar-refractivity contribution in [3.63, 3.8) is 0 Å². The summed E-state index contributed by atoms with van der Waals surface area (Å²) in [5.74, 6) is -1.05. The number of para-hydroxylation sites is 1. The average molecular weight is 441 g/mol. The number of ketones is 1. The first-order valence-electron chi connectivity index (χ1n) is 9.45. The Hall–Kier alpha value is -3.57. The second kappa shape index (κ2) is 8.28. The molecule has 4 rings (SSSR count). The van der Waals surface area contributed by atoms with Gasteiger partial charge in [-0.25, -0.2) is 8.42 Å². The highest BCUT2D eigenvalue weighted by Crippen LogP contribution is 2.38. The van der Waals surface area contributed by atoms with E-state index in [1.54, 1.807) is 24.5 Å². The Morgan fingerprint density at radius 3 is 2.52 bits per heavy atom. The fourth-order valence-corrected chi connectivity index (χ4v) is 4.77. The van der Waals surface area contributed by atoms with Gasteiger partial charge in [0.1, 0.15) is 5.75 Å². The van der Waals surface area contributed by atoms with Crippen molar-refractivity contribution in [3.05, 3.63) is 76.2 Å². The summed E-state index contributed by atoms with van der Waals surface area (Å²) >= 11 is 0. The first kappa shape index (κ1) is 20.7. The van der Waals surface area contributed by atoms with Crippen LogP contribution in [-0.2, 0) is 16.6 Å². The number of aromatic nitrogens is 2. The summed E-state index contributed by atoms with van der Waals surface area (Å²) in [6.45, 7) is -1.16. The zero-order valence-electron chi connectivity index (χ0n) is 16.3. The molecule has 11 heteroatoms. The zero-order valence-corrected chi connectivity index (χ0v) is 17.1. The number of Topliss-reactive ketones (excluding diaryl/α,β-unsaturated/α-hetero) is 1. The molecule has 31 heavy (non-hydrogen) atoms. The molecule has 0 bridgehead atoms. The van der Waals surface area contributed by atoms with Gasteiger partial charge in [-0.2, -0.15) is 4.31 Å². The molecule has 3 heterocycles. The monoisotopic (exact) mass is 441 g/mol. The smallest absolute Gasteiger partial charge is 0.221 e. The number of pyridine rings is 1. The third-order valence-electron chi connectivity index (χ3n) is 4.95. The number of H-pyrrole nitrogens is 1. The molecule has 0 radical (unpaired) electrons. The first-order chi connectivity index (χ1) is 14.8. The van der Waals surface area contributed by atoms with Gasteiger partial charge < -0.3 is 10.3 Å². The Morgan fingerprint density at radius 2 is 1.84 bits per heavy atom. The Balaban J connectivity index is 1.75. The number of rotatable bonds is 7. The van der Waals surface area contributed by atoms with Crippen LogP contribution in [0.25, 0.3) is 11.3 Å². The molecule has 0 atom stereocenters. The maximum atomic E-state index is 13.0. The topological polar surface area (TPSA) is 138 Å². The largest absolute Gasteiger partial charge is 0.355 e. The van der Waals surface area contributed by atoms with Crippen molar-refractivity contribution in [1.29, 1.82) is 0 Å². The highest BCUT2D eigenvalue weighted by atomic mass is 32.2. The SMILES string of the molecule is O=C1CN(S(=O)(=O)CC[N+](=O)[O-])Cc2[nH]c(-c3ccncc3)c(Nc3ccccc3)c21. The molecule has 0 aliphatic carbocycles. The lowest BCUT2D eigenvalue weighted by Crippen LogP contribution is -2.41. The van der Waals surface area contributed by atoms with Gasteiger partial charge in [0.05, 0.1) is 30.0 Å². The van der Waals surface area contributed by atoms with Crippen LogP contribution in [0.15, 0.2) is 54.9 Å². The minimum atomic E-state index is -3.96. The zero-order chi connectivity index (χ0) is 22.0. The number of nitrogens with one attached hydrogen (secondary N) is 2. The van der Waals surface area contributed by atoms with E-state index >= 15 is 0 Å². The maximum absolute atomic E-state index is 13.0. The lowest BCUT2D eigenvalue weighted by atomic mass is 10.0. The van der Waals surface area contributed by atoms with Gasteiger partial charge in [0.2, 0.25) is 16.6 Å². The predicted octanol–water partition coefficient (Wildman–Crippen LogP) is 2.43. The Morgan fingerprint density at radius 1 is 1.13 bits per heavy atom. The Labute approximate surface area is 178 Å². The summed E-state index contributed by atoms with van der Waals surface area (Å²) in [6, 6.07) is 12.9. The van der Waals surface area contributed by atoms with Gasteiger partial charge in [-0.15, -0.1) is 0 Å². The van der Waals surface area contributed by atoms with E-state index in [1.807, 2.05) is 30.3 Å². The van der Waals surface area contributed by atoms with Gasteiger partial charge in [-0.3, -0.25) is 19.9 Å². The second-order valence-corrected chi connectivity index (χ2v) is 9.11. The van der Waals surface area contributed by atoms with Crippen LogP contribution in [0, 0.1) is 10.1 Å². The highest BCUT2D eigenvalue weighted by molar-refractivity contribution is 7.89. The molecule has 0 fully saturated rings. The van der Waals surface area contributed by atoms with E-state index in [1.165, 1.54) is 0 Å². The average Bonchev–Trinajstić information content (AvgIpc) is 3.12. The van der Waals surface area contributed by atoms with Crippen molar-refractivity contribution in [1.82, 2.24) is 14.3 Å². The van der Waals surface area contributed by atoms with Crippen molar-refractivity contribution < 1.29 is 18.1 Å². The molecule has 0 spiro atoms. The van der Waals surface area contributed by atoms with Gasteiger partial charge in [0.15, 0.2) is 5.78 Å². The van der Waals surface area contributed by atoms with Crippen molar-refractivity contribution in [2.24, 2.45) is 0 Å². The first-order valence-corrected chi connectivity index (χ1v) is 11.1. The van der Waals surface area contributed by atoms with Crippen LogP contribution in [-0.4, -0.2) is 52.2 Å². The molecule has 2 aromatic heterocycles. The molecule has 3 aromatic rings. The molecule has 2 N–H and O–H groups in total. The highest BCUT2D eigenvalue weighted by Gasteiger charge is 2.36. The number of anilines is 2. The van der Waals surface area contributed by atoms with Crippen LogP contribution in [0.5, 0.6) is 0 Å². The number of carbonyl (C=O) groups is 1. The molecular weight excluding hydrogens is 422 g/mol. The third kappa shape index (κ3) is 4.32. The lowest BCUT2D eigenvalue weighted by molar-refractivity contribution is -0.474. The van der Waals surface area contributed by atoms with Crippen molar-refractivity contribution in [2.75, 3.05) is 24.2 Å². The number of hydrogen-bond donors (Lipinski definition) is 2. The van der Waals surface area contributed by atoms with Crippen LogP contribution in [0.4, 0.5) is 11.4 Å². The maximum Gasteiger partial charge on any atom is 0.221 e. The van der Waals surface area contributed by atoms with E-state index in [-0.39, 0.29) is 18.9 Å².